The number of fused-ring (bicyclic) bond motifs is 1. The zero-order valence-corrected chi connectivity index (χ0v) is 16.3. The fourth-order valence-corrected chi connectivity index (χ4v) is 3.13. The first-order chi connectivity index (χ1) is 14.7. The molecule has 6 heteroatoms. The van der Waals surface area contributed by atoms with Crippen LogP contribution in [0.3, 0.4) is 0 Å². The van der Waals surface area contributed by atoms with Crippen molar-refractivity contribution in [1.29, 1.82) is 0 Å². The Morgan fingerprint density at radius 2 is 1.80 bits per heavy atom. The maximum atomic E-state index is 13.1. The van der Waals surface area contributed by atoms with Gasteiger partial charge in [-0.15, -0.1) is 0 Å². The highest BCUT2D eigenvalue weighted by Gasteiger charge is 2.15. The van der Waals surface area contributed by atoms with E-state index in [-0.39, 0.29) is 5.91 Å². The molecule has 148 valence electrons. The topological polar surface area (TPSA) is 81.2 Å². The number of hydrogen-bond donors (Lipinski definition) is 1. The molecule has 0 aliphatic rings. The van der Waals surface area contributed by atoms with Crippen LogP contribution >= 0.6 is 0 Å². The van der Waals surface area contributed by atoms with Gasteiger partial charge in [-0.2, -0.15) is 0 Å². The number of anilines is 1. The molecular formula is C24H19N3O3. The number of nitrogens with one attached hydrogen (secondary N) is 1. The molecule has 30 heavy (non-hydrogen) atoms. The summed E-state index contributed by atoms with van der Waals surface area (Å²) in [5.74, 6) is -0.653. The van der Waals surface area contributed by atoms with Crippen molar-refractivity contribution in [2.75, 3.05) is 11.9 Å². The summed E-state index contributed by atoms with van der Waals surface area (Å²) < 4.78 is 4.98. The second-order valence-electron chi connectivity index (χ2n) is 6.57. The smallest absolute Gasteiger partial charge is 0.338 e. The maximum absolute atomic E-state index is 13.1. The van der Waals surface area contributed by atoms with Crippen molar-refractivity contribution in [3.05, 3.63) is 90.3 Å². The van der Waals surface area contributed by atoms with Gasteiger partial charge in [-0.25, -0.2) is 9.78 Å². The van der Waals surface area contributed by atoms with Crippen LogP contribution in [0, 0.1) is 0 Å². The lowest BCUT2D eigenvalue weighted by Gasteiger charge is -2.11. The predicted molar refractivity (Wildman–Crippen MR) is 115 cm³/mol. The molecule has 0 aliphatic heterocycles. The van der Waals surface area contributed by atoms with Gasteiger partial charge in [-0.3, -0.25) is 9.78 Å². The van der Waals surface area contributed by atoms with Crippen molar-refractivity contribution in [3.63, 3.8) is 0 Å². The number of carbonyl (C=O) groups is 2. The lowest BCUT2D eigenvalue weighted by atomic mass is 10.0. The highest BCUT2D eigenvalue weighted by Crippen LogP contribution is 2.25. The maximum Gasteiger partial charge on any atom is 0.338 e. The van der Waals surface area contributed by atoms with Crippen LogP contribution in [0.25, 0.3) is 22.2 Å². The van der Waals surface area contributed by atoms with E-state index in [2.05, 4.69) is 15.3 Å². The van der Waals surface area contributed by atoms with E-state index in [1.807, 2.05) is 36.4 Å². The number of ether oxygens (including phenoxy) is 1. The Bertz CT molecular complexity index is 1210. The van der Waals surface area contributed by atoms with Gasteiger partial charge in [0.2, 0.25) is 0 Å². The van der Waals surface area contributed by atoms with Gasteiger partial charge in [0.1, 0.15) is 0 Å². The van der Waals surface area contributed by atoms with E-state index in [0.717, 1.165) is 16.5 Å². The Morgan fingerprint density at radius 3 is 2.53 bits per heavy atom. The van der Waals surface area contributed by atoms with Gasteiger partial charge >= 0.3 is 5.97 Å². The first-order valence-corrected chi connectivity index (χ1v) is 9.54. The van der Waals surface area contributed by atoms with E-state index in [9.17, 15) is 9.59 Å². The molecule has 0 saturated heterocycles. The summed E-state index contributed by atoms with van der Waals surface area (Å²) in [4.78, 5) is 33.7. The highest BCUT2D eigenvalue weighted by atomic mass is 16.5. The van der Waals surface area contributed by atoms with Gasteiger partial charge < -0.3 is 10.1 Å². The number of carbonyl (C=O) groups excluding carboxylic acids is 2. The van der Waals surface area contributed by atoms with Crippen molar-refractivity contribution in [2.45, 2.75) is 6.92 Å². The van der Waals surface area contributed by atoms with Crippen LogP contribution in [0.5, 0.6) is 0 Å². The average molecular weight is 397 g/mol. The quantitative estimate of drug-likeness (QED) is 0.493. The number of benzene rings is 2. The van der Waals surface area contributed by atoms with Gasteiger partial charge in [0.05, 0.1) is 28.9 Å². The SMILES string of the molecule is CCOC(=O)c1ccc(NC(=O)c2cc(-c3cccnc3)nc3ccccc23)cc1. The molecule has 0 unspecified atom stereocenters. The van der Waals surface area contributed by atoms with Crippen LogP contribution in [0.4, 0.5) is 5.69 Å². The van der Waals surface area contributed by atoms with Crippen LogP contribution in [-0.2, 0) is 4.74 Å². The Balaban J connectivity index is 1.66. The minimum Gasteiger partial charge on any atom is -0.462 e. The van der Waals surface area contributed by atoms with Crippen molar-refractivity contribution < 1.29 is 14.3 Å². The fourth-order valence-electron chi connectivity index (χ4n) is 3.13. The summed E-state index contributed by atoms with van der Waals surface area (Å²) in [7, 11) is 0. The van der Waals surface area contributed by atoms with Crippen molar-refractivity contribution in [2.24, 2.45) is 0 Å². The van der Waals surface area contributed by atoms with Crippen LogP contribution < -0.4 is 5.32 Å². The molecule has 0 spiro atoms. The molecule has 2 heterocycles. The second kappa shape index (κ2) is 8.53. The summed E-state index contributed by atoms with van der Waals surface area (Å²) >= 11 is 0. The third-order valence-electron chi connectivity index (χ3n) is 4.57. The first kappa shape index (κ1) is 19.3. The molecule has 1 N–H and O–H groups in total. The summed E-state index contributed by atoms with van der Waals surface area (Å²) in [6, 6.07) is 19.6. The van der Waals surface area contributed by atoms with E-state index < -0.39 is 5.97 Å². The third-order valence-corrected chi connectivity index (χ3v) is 4.57. The normalized spacial score (nSPS) is 10.6. The Morgan fingerprint density at radius 1 is 1.00 bits per heavy atom. The van der Waals surface area contributed by atoms with Crippen molar-refractivity contribution in [1.82, 2.24) is 9.97 Å². The molecule has 0 saturated carbocycles. The Labute approximate surface area is 173 Å². The van der Waals surface area contributed by atoms with E-state index >= 15 is 0 Å². The van der Waals surface area contributed by atoms with Gasteiger partial charge in [0, 0.05) is 29.0 Å². The van der Waals surface area contributed by atoms with E-state index in [1.54, 1.807) is 49.6 Å². The second-order valence-corrected chi connectivity index (χ2v) is 6.57. The summed E-state index contributed by atoms with van der Waals surface area (Å²) in [5.41, 5.74) is 3.75. The number of hydrogen-bond acceptors (Lipinski definition) is 5. The summed E-state index contributed by atoms with van der Waals surface area (Å²) in [6.45, 7) is 2.07. The zero-order valence-electron chi connectivity index (χ0n) is 16.3. The molecular weight excluding hydrogens is 378 g/mol. The van der Waals surface area contributed by atoms with E-state index in [0.29, 0.717) is 29.1 Å². The molecule has 0 radical (unpaired) electrons. The van der Waals surface area contributed by atoms with Crippen LogP contribution in [-0.4, -0.2) is 28.5 Å². The number of para-hydroxylation sites is 1. The lowest BCUT2D eigenvalue weighted by molar-refractivity contribution is 0.0526. The number of amides is 1. The number of rotatable bonds is 5. The van der Waals surface area contributed by atoms with Crippen molar-refractivity contribution >= 4 is 28.5 Å². The monoisotopic (exact) mass is 397 g/mol. The van der Waals surface area contributed by atoms with Gasteiger partial charge in [0.15, 0.2) is 0 Å². The van der Waals surface area contributed by atoms with Gasteiger partial charge in [-0.05, 0) is 55.5 Å². The van der Waals surface area contributed by atoms with Gasteiger partial charge in [0.25, 0.3) is 5.91 Å². The molecule has 0 bridgehead atoms. The minimum atomic E-state index is -0.392. The molecule has 4 rings (SSSR count). The lowest BCUT2D eigenvalue weighted by Crippen LogP contribution is -2.13. The standard InChI is InChI=1S/C24H19N3O3/c1-2-30-24(29)16-9-11-18(12-10-16)26-23(28)20-14-22(17-6-5-13-25-15-17)27-21-8-4-3-7-19(20)21/h3-15H,2H2,1H3,(H,26,28). The van der Waals surface area contributed by atoms with E-state index in [4.69, 9.17) is 4.74 Å². The summed E-state index contributed by atoms with van der Waals surface area (Å²) in [5, 5.41) is 3.65. The number of esters is 1. The fraction of sp³-hybridized carbons (Fsp3) is 0.0833. The van der Waals surface area contributed by atoms with Gasteiger partial charge in [-0.1, -0.05) is 18.2 Å². The third kappa shape index (κ3) is 4.03. The van der Waals surface area contributed by atoms with Crippen LogP contribution in [0.2, 0.25) is 0 Å². The minimum absolute atomic E-state index is 0.261. The molecule has 1 amide bonds. The average Bonchev–Trinajstić information content (AvgIpc) is 2.79. The summed E-state index contributed by atoms with van der Waals surface area (Å²) in [6.07, 6.45) is 3.41. The molecule has 0 aliphatic carbocycles. The molecule has 0 fully saturated rings. The predicted octanol–water partition coefficient (Wildman–Crippen LogP) is 4.73. The van der Waals surface area contributed by atoms with Crippen molar-refractivity contribution in [3.8, 4) is 11.3 Å². The van der Waals surface area contributed by atoms with E-state index in [1.165, 1.54) is 0 Å². The molecule has 2 aromatic heterocycles. The largest absolute Gasteiger partial charge is 0.462 e. The Hall–Kier alpha value is -4.06. The Kier molecular flexibility index (Phi) is 5.48. The number of aromatic nitrogens is 2. The van der Waals surface area contributed by atoms with Crippen LogP contribution in [0.15, 0.2) is 79.1 Å². The number of nitrogens with zero attached hydrogens (tertiary/aromatic N) is 2. The molecule has 4 aromatic rings. The number of pyridine rings is 2. The highest BCUT2D eigenvalue weighted by molar-refractivity contribution is 6.13. The molecule has 2 aromatic carbocycles. The van der Waals surface area contributed by atoms with Crippen LogP contribution in [0.1, 0.15) is 27.6 Å². The first-order valence-electron chi connectivity index (χ1n) is 9.54. The molecule has 0 atom stereocenters. The zero-order chi connectivity index (χ0) is 20.9. The molecule has 6 nitrogen and oxygen atoms in total.